The zero-order valence-corrected chi connectivity index (χ0v) is 10.6. The lowest BCUT2D eigenvalue weighted by atomic mass is 9.69. The minimum absolute atomic E-state index is 0.424. The van der Waals surface area contributed by atoms with Crippen LogP contribution in [-0.4, -0.2) is 0 Å². The molecular weight excluding hydrogens is 180 g/mol. The molecule has 2 unspecified atom stereocenters. The third-order valence-corrected chi connectivity index (χ3v) is 4.32. The van der Waals surface area contributed by atoms with Crippen molar-refractivity contribution in [3.05, 3.63) is 23.3 Å². The molecule has 0 spiro atoms. The van der Waals surface area contributed by atoms with E-state index in [4.69, 9.17) is 0 Å². The van der Waals surface area contributed by atoms with E-state index in [1.165, 1.54) is 25.7 Å². The van der Waals surface area contributed by atoms with Gasteiger partial charge in [-0.1, -0.05) is 44.1 Å². The van der Waals surface area contributed by atoms with Crippen molar-refractivity contribution in [2.24, 2.45) is 17.3 Å². The Bertz CT molecular complexity index is 304. The summed E-state index contributed by atoms with van der Waals surface area (Å²) in [7, 11) is 0. The highest BCUT2D eigenvalue weighted by molar-refractivity contribution is 5.29. The summed E-state index contributed by atoms with van der Waals surface area (Å²) in [6.45, 7) is 9.55. The highest BCUT2D eigenvalue weighted by Crippen LogP contribution is 2.47. The quantitative estimate of drug-likeness (QED) is 0.501. The maximum absolute atomic E-state index is 2.57. The second-order valence-corrected chi connectivity index (χ2v) is 6.10. The first-order chi connectivity index (χ1) is 7.00. The smallest absolute Gasteiger partial charge is 0.000980 e. The van der Waals surface area contributed by atoms with Gasteiger partial charge >= 0.3 is 0 Å². The van der Waals surface area contributed by atoms with Crippen molar-refractivity contribution < 1.29 is 0 Å². The predicted molar refractivity (Wildman–Crippen MR) is 66.7 cm³/mol. The van der Waals surface area contributed by atoms with Gasteiger partial charge in [0.25, 0.3) is 0 Å². The Labute approximate surface area is 94.5 Å². The van der Waals surface area contributed by atoms with Gasteiger partial charge in [0.05, 0.1) is 0 Å². The summed E-state index contributed by atoms with van der Waals surface area (Å²) in [4.78, 5) is 0. The number of hydrogen-bond donors (Lipinski definition) is 0. The zero-order valence-electron chi connectivity index (χ0n) is 10.6. The summed E-state index contributed by atoms with van der Waals surface area (Å²) in [5.41, 5.74) is 3.78. The Morgan fingerprint density at radius 1 is 1.27 bits per heavy atom. The summed E-state index contributed by atoms with van der Waals surface area (Å²) in [6.07, 6.45) is 10.4. The molecule has 0 bridgehead atoms. The lowest BCUT2D eigenvalue weighted by Gasteiger charge is -2.36. The van der Waals surface area contributed by atoms with Crippen LogP contribution in [0.1, 0.15) is 53.4 Å². The van der Waals surface area contributed by atoms with Gasteiger partial charge in [-0.25, -0.2) is 0 Å². The molecule has 0 heterocycles. The molecule has 0 aromatic carbocycles. The molecule has 0 saturated carbocycles. The van der Waals surface area contributed by atoms with Crippen molar-refractivity contribution >= 4 is 0 Å². The van der Waals surface area contributed by atoms with E-state index in [0.717, 1.165) is 11.8 Å². The summed E-state index contributed by atoms with van der Waals surface area (Å²) < 4.78 is 0. The molecule has 0 aromatic rings. The number of hydrogen-bond acceptors (Lipinski definition) is 0. The minimum Gasteiger partial charge on any atom is -0.0850 e. The first-order valence-electron chi connectivity index (χ1n) is 6.39. The van der Waals surface area contributed by atoms with Crippen molar-refractivity contribution in [3.8, 4) is 0 Å². The third-order valence-electron chi connectivity index (χ3n) is 4.32. The fourth-order valence-electron chi connectivity index (χ4n) is 3.21. The molecule has 0 saturated heterocycles. The van der Waals surface area contributed by atoms with Gasteiger partial charge in [-0.15, -0.1) is 0 Å². The molecule has 2 rings (SSSR count). The second kappa shape index (κ2) is 3.81. The van der Waals surface area contributed by atoms with Crippen LogP contribution in [-0.2, 0) is 0 Å². The number of fused-ring (bicyclic) bond motifs is 1. The second-order valence-electron chi connectivity index (χ2n) is 6.10. The Kier molecular flexibility index (Phi) is 2.79. The normalized spacial score (nSPS) is 34.9. The largest absolute Gasteiger partial charge is 0.0850 e. The molecule has 15 heavy (non-hydrogen) atoms. The van der Waals surface area contributed by atoms with Gasteiger partial charge in [-0.3, -0.25) is 0 Å². The summed E-state index contributed by atoms with van der Waals surface area (Å²) in [6, 6.07) is 0. The van der Waals surface area contributed by atoms with Gasteiger partial charge in [0.2, 0.25) is 0 Å². The van der Waals surface area contributed by atoms with Crippen molar-refractivity contribution in [2.75, 3.05) is 0 Å². The zero-order chi connectivity index (χ0) is 11.1. The number of allylic oxidation sites excluding steroid dienone is 4. The Hall–Kier alpha value is -0.520. The van der Waals surface area contributed by atoms with E-state index < -0.39 is 0 Å². The highest BCUT2D eigenvalue weighted by Gasteiger charge is 2.34. The van der Waals surface area contributed by atoms with E-state index in [9.17, 15) is 0 Å². The van der Waals surface area contributed by atoms with Crippen molar-refractivity contribution in [2.45, 2.75) is 53.4 Å². The molecule has 84 valence electrons. The van der Waals surface area contributed by atoms with Crippen LogP contribution >= 0.6 is 0 Å². The van der Waals surface area contributed by atoms with E-state index in [1.54, 1.807) is 11.1 Å². The van der Waals surface area contributed by atoms with Gasteiger partial charge in [-0.05, 0) is 43.9 Å². The van der Waals surface area contributed by atoms with E-state index in [2.05, 4.69) is 39.8 Å². The van der Waals surface area contributed by atoms with E-state index in [-0.39, 0.29) is 0 Å². The average molecular weight is 204 g/mol. The maximum Gasteiger partial charge on any atom is 0.000980 e. The maximum atomic E-state index is 2.57. The topological polar surface area (TPSA) is 0 Å². The van der Waals surface area contributed by atoms with Crippen molar-refractivity contribution in [1.82, 2.24) is 0 Å². The van der Waals surface area contributed by atoms with E-state index in [0.29, 0.717) is 5.41 Å². The number of rotatable bonds is 0. The molecule has 2 aliphatic carbocycles. The fourth-order valence-corrected chi connectivity index (χ4v) is 3.21. The SMILES string of the molecule is CC1=CCCC(C)(C)C2=CC(C)CCC12. The predicted octanol–water partition coefficient (Wildman–Crippen LogP) is 4.73. The molecule has 0 aliphatic heterocycles. The minimum atomic E-state index is 0.424. The van der Waals surface area contributed by atoms with Crippen LogP contribution in [0.15, 0.2) is 23.3 Å². The van der Waals surface area contributed by atoms with E-state index >= 15 is 0 Å². The van der Waals surface area contributed by atoms with E-state index in [1.807, 2.05) is 0 Å². The van der Waals surface area contributed by atoms with Gasteiger partial charge in [-0.2, -0.15) is 0 Å². The van der Waals surface area contributed by atoms with Crippen LogP contribution in [0.5, 0.6) is 0 Å². The Balaban J connectivity index is 2.40. The molecule has 0 fully saturated rings. The summed E-state index contributed by atoms with van der Waals surface area (Å²) >= 11 is 0. The molecule has 0 N–H and O–H groups in total. The van der Waals surface area contributed by atoms with Crippen molar-refractivity contribution in [3.63, 3.8) is 0 Å². The van der Waals surface area contributed by atoms with Gasteiger partial charge < -0.3 is 0 Å². The molecule has 0 amide bonds. The standard InChI is InChI=1S/C15H24/c1-11-7-8-13-12(2)6-5-9-15(3,4)14(13)10-11/h6,10-11,13H,5,7-9H2,1-4H3. The molecule has 0 aromatic heterocycles. The average Bonchev–Trinajstić information content (AvgIpc) is 2.26. The lowest BCUT2D eigenvalue weighted by Crippen LogP contribution is -2.24. The highest BCUT2D eigenvalue weighted by atomic mass is 14.4. The lowest BCUT2D eigenvalue weighted by molar-refractivity contribution is 0.348. The molecule has 2 atom stereocenters. The first kappa shape index (κ1) is 11.0. The van der Waals surface area contributed by atoms with Crippen LogP contribution in [0, 0.1) is 17.3 Å². The molecule has 0 heteroatoms. The summed E-state index contributed by atoms with van der Waals surface area (Å²) in [5, 5.41) is 0. The van der Waals surface area contributed by atoms with Crippen LogP contribution in [0.25, 0.3) is 0 Å². The van der Waals surface area contributed by atoms with Gasteiger partial charge in [0.15, 0.2) is 0 Å². The van der Waals surface area contributed by atoms with Crippen LogP contribution in [0.3, 0.4) is 0 Å². The third kappa shape index (κ3) is 2.04. The van der Waals surface area contributed by atoms with Crippen LogP contribution in [0.2, 0.25) is 0 Å². The monoisotopic (exact) mass is 204 g/mol. The Morgan fingerprint density at radius 3 is 2.73 bits per heavy atom. The van der Waals surface area contributed by atoms with Gasteiger partial charge in [0, 0.05) is 5.92 Å². The first-order valence-corrected chi connectivity index (χ1v) is 6.39. The van der Waals surface area contributed by atoms with Gasteiger partial charge in [0.1, 0.15) is 0 Å². The molecule has 0 nitrogen and oxygen atoms in total. The Morgan fingerprint density at radius 2 is 2.00 bits per heavy atom. The van der Waals surface area contributed by atoms with Crippen LogP contribution in [0.4, 0.5) is 0 Å². The van der Waals surface area contributed by atoms with Crippen LogP contribution < -0.4 is 0 Å². The molecule has 0 radical (unpaired) electrons. The molecule has 2 aliphatic rings. The van der Waals surface area contributed by atoms with Crippen molar-refractivity contribution in [1.29, 1.82) is 0 Å². The summed E-state index contributed by atoms with van der Waals surface area (Å²) in [5.74, 6) is 1.56. The molecular formula is C15H24. The fraction of sp³-hybridized carbons (Fsp3) is 0.733.